The molecule has 2 aromatic carbocycles. The first-order valence-electron chi connectivity index (χ1n) is 11.2. The average molecular weight is 475 g/mol. The number of carbonyl (C=O) groups excluding carboxylic acids is 2. The van der Waals surface area contributed by atoms with Crippen LogP contribution in [0.25, 0.3) is 11.1 Å². The Balaban J connectivity index is 1.63. The van der Waals surface area contributed by atoms with Gasteiger partial charge < -0.3 is 20.5 Å². The maximum atomic E-state index is 13.5. The van der Waals surface area contributed by atoms with Gasteiger partial charge in [-0.05, 0) is 35.1 Å². The minimum absolute atomic E-state index is 0.0597. The zero-order valence-corrected chi connectivity index (χ0v) is 19.0. The van der Waals surface area contributed by atoms with E-state index in [0.29, 0.717) is 0 Å². The van der Waals surface area contributed by atoms with Gasteiger partial charge in [0.15, 0.2) is 0 Å². The molecule has 0 saturated carbocycles. The van der Waals surface area contributed by atoms with Crippen molar-refractivity contribution in [2.45, 2.75) is 57.0 Å². The molecule has 1 aliphatic carbocycles. The number of rotatable bonds is 10. The lowest BCUT2D eigenvalue weighted by Gasteiger charge is -2.29. The first-order chi connectivity index (χ1) is 16.2. The van der Waals surface area contributed by atoms with Gasteiger partial charge in [0.1, 0.15) is 18.2 Å². The monoisotopic (exact) mass is 474 g/mol. The molecule has 0 saturated heterocycles. The van der Waals surface area contributed by atoms with E-state index >= 15 is 0 Å². The van der Waals surface area contributed by atoms with Crippen molar-refractivity contribution in [3.8, 4) is 11.1 Å². The van der Waals surface area contributed by atoms with Gasteiger partial charge in [0.2, 0.25) is 5.91 Å². The largest absolute Gasteiger partial charge is 0.480 e. The summed E-state index contributed by atoms with van der Waals surface area (Å²) in [4.78, 5) is 36.2. The summed E-state index contributed by atoms with van der Waals surface area (Å²) in [5.74, 6) is -2.38. The molecule has 34 heavy (non-hydrogen) atoms. The fourth-order valence-electron chi connectivity index (χ4n) is 4.29. The van der Waals surface area contributed by atoms with E-state index in [9.17, 15) is 28.3 Å². The van der Waals surface area contributed by atoms with E-state index in [1.807, 2.05) is 48.5 Å². The molecule has 7 nitrogen and oxygen atoms in total. The minimum atomic E-state index is -3.05. The van der Waals surface area contributed by atoms with Crippen molar-refractivity contribution in [3.05, 3.63) is 59.7 Å². The topological polar surface area (TPSA) is 105 Å². The van der Waals surface area contributed by atoms with Crippen molar-refractivity contribution in [2.75, 3.05) is 6.61 Å². The third-order valence-corrected chi connectivity index (χ3v) is 6.35. The number of aliphatic carboxylic acids is 1. The van der Waals surface area contributed by atoms with Gasteiger partial charge in [0, 0.05) is 5.92 Å². The minimum Gasteiger partial charge on any atom is -0.480 e. The van der Waals surface area contributed by atoms with Gasteiger partial charge in [-0.3, -0.25) is 4.79 Å². The van der Waals surface area contributed by atoms with Crippen LogP contribution in [0.2, 0.25) is 0 Å². The van der Waals surface area contributed by atoms with Gasteiger partial charge in [-0.25, -0.2) is 18.4 Å². The number of fused-ring (bicyclic) bond motifs is 3. The van der Waals surface area contributed by atoms with Crippen LogP contribution < -0.4 is 10.6 Å². The number of carboxylic acids is 1. The highest BCUT2D eigenvalue weighted by atomic mass is 19.3. The fourth-order valence-corrected chi connectivity index (χ4v) is 4.29. The van der Waals surface area contributed by atoms with Crippen LogP contribution in [0.1, 0.15) is 50.2 Å². The number of amides is 2. The van der Waals surface area contributed by atoms with Crippen molar-refractivity contribution in [1.29, 1.82) is 0 Å². The Kier molecular flexibility index (Phi) is 7.86. The maximum Gasteiger partial charge on any atom is 0.407 e. The van der Waals surface area contributed by atoms with Gasteiger partial charge in [0.25, 0.3) is 6.43 Å². The molecule has 2 amide bonds. The zero-order valence-electron chi connectivity index (χ0n) is 19.0. The van der Waals surface area contributed by atoms with Crippen LogP contribution in [0.15, 0.2) is 48.5 Å². The van der Waals surface area contributed by atoms with E-state index in [2.05, 4.69) is 10.6 Å². The predicted molar refractivity (Wildman–Crippen MR) is 122 cm³/mol. The molecule has 1 aliphatic rings. The lowest BCUT2D eigenvalue weighted by Crippen LogP contribution is -2.55. The third kappa shape index (κ3) is 5.18. The van der Waals surface area contributed by atoms with E-state index in [1.165, 1.54) is 0 Å². The number of carboxylic acid groups (broad SMARTS) is 1. The van der Waals surface area contributed by atoms with Crippen LogP contribution in [0.5, 0.6) is 0 Å². The van der Waals surface area contributed by atoms with Gasteiger partial charge in [-0.2, -0.15) is 0 Å². The first-order valence-corrected chi connectivity index (χ1v) is 11.2. The van der Waals surface area contributed by atoms with E-state index in [4.69, 9.17) is 4.74 Å². The van der Waals surface area contributed by atoms with Gasteiger partial charge in [-0.15, -0.1) is 0 Å². The number of alkyl halides is 2. The second kappa shape index (κ2) is 10.6. The lowest BCUT2D eigenvalue weighted by atomic mass is 9.92. The Hall–Kier alpha value is -3.49. The highest BCUT2D eigenvalue weighted by Crippen LogP contribution is 2.44. The Morgan fingerprint density at radius 3 is 2.00 bits per heavy atom. The lowest BCUT2D eigenvalue weighted by molar-refractivity contribution is -0.148. The summed E-state index contributed by atoms with van der Waals surface area (Å²) in [5.41, 5.74) is 2.47. The normalized spacial score (nSPS) is 13.7. The van der Waals surface area contributed by atoms with E-state index in [0.717, 1.165) is 22.3 Å². The average Bonchev–Trinajstić information content (AvgIpc) is 3.14. The van der Waals surface area contributed by atoms with Gasteiger partial charge >= 0.3 is 12.1 Å². The van der Waals surface area contributed by atoms with E-state index in [-0.39, 0.29) is 25.4 Å². The molecule has 0 aromatic heterocycles. The summed E-state index contributed by atoms with van der Waals surface area (Å²) in [5, 5.41) is 13.8. The molecule has 2 aromatic rings. The van der Waals surface area contributed by atoms with Crippen molar-refractivity contribution in [1.82, 2.24) is 10.6 Å². The molecule has 9 heteroatoms. The highest BCUT2D eigenvalue weighted by Gasteiger charge is 2.38. The van der Waals surface area contributed by atoms with Gasteiger partial charge in [-0.1, -0.05) is 62.4 Å². The number of carbonyl (C=O) groups is 3. The predicted octanol–water partition coefficient (Wildman–Crippen LogP) is 4.31. The zero-order chi connectivity index (χ0) is 24.9. The summed E-state index contributed by atoms with van der Waals surface area (Å²) in [6.45, 7) is 3.10. The summed E-state index contributed by atoms with van der Waals surface area (Å²) in [7, 11) is 0. The Labute approximate surface area is 196 Å². The molecule has 182 valence electrons. The van der Waals surface area contributed by atoms with Crippen LogP contribution in [0.3, 0.4) is 0 Å². The molecule has 1 unspecified atom stereocenters. The number of nitrogens with one attached hydrogen (secondary N) is 2. The molecule has 3 N–H and O–H groups in total. The number of ether oxygens (including phenoxy) is 1. The van der Waals surface area contributed by atoms with E-state index in [1.54, 1.807) is 13.8 Å². The van der Waals surface area contributed by atoms with Crippen molar-refractivity contribution in [3.63, 3.8) is 0 Å². The second-order valence-electron chi connectivity index (χ2n) is 8.26. The number of halogens is 2. The Morgan fingerprint density at radius 2 is 1.53 bits per heavy atom. The Morgan fingerprint density at radius 1 is 1.00 bits per heavy atom. The van der Waals surface area contributed by atoms with Crippen molar-refractivity contribution >= 4 is 18.0 Å². The highest BCUT2D eigenvalue weighted by molar-refractivity contribution is 5.87. The summed E-state index contributed by atoms with van der Waals surface area (Å²) in [6.07, 6.45) is -4.73. The Bertz CT molecular complexity index is 1010. The molecular weight excluding hydrogens is 446 g/mol. The molecule has 1 atom stereocenters. The van der Waals surface area contributed by atoms with E-state index < -0.39 is 42.4 Å². The molecule has 0 spiro atoms. The molecular formula is C25H28F2N2O5. The summed E-state index contributed by atoms with van der Waals surface area (Å²) >= 11 is 0. The van der Waals surface area contributed by atoms with Crippen LogP contribution in [-0.4, -0.2) is 47.7 Å². The number of benzene rings is 2. The molecule has 0 heterocycles. The van der Waals surface area contributed by atoms with Crippen molar-refractivity contribution in [2.24, 2.45) is 0 Å². The number of hydrogen-bond acceptors (Lipinski definition) is 4. The standard InChI is InChI=1S/C25H28F2N2O5/c1-3-25(4-2,23(31)32)29-21(30)13-20(22(26)27)28-24(33)34-14-19-17-11-7-5-9-15(17)16-10-6-8-12-18(16)19/h5-12,19-20,22H,3-4,13-14H2,1-2H3,(H,28,33)(H,29,30)(H,31,32). The second-order valence-corrected chi connectivity index (χ2v) is 8.26. The maximum absolute atomic E-state index is 13.5. The molecule has 0 bridgehead atoms. The summed E-state index contributed by atoms with van der Waals surface area (Å²) in [6, 6.07) is 13.6. The number of alkyl carbamates (subject to hydrolysis) is 1. The first kappa shape index (κ1) is 25.1. The third-order valence-electron chi connectivity index (χ3n) is 6.35. The van der Waals surface area contributed by atoms with Crippen molar-refractivity contribution < 1.29 is 33.0 Å². The van der Waals surface area contributed by atoms with Crippen LogP contribution in [0.4, 0.5) is 13.6 Å². The van der Waals surface area contributed by atoms with Crippen LogP contribution in [-0.2, 0) is 14.3 Å². The molecule has 0 fully saturated rings. The smallest absolute Gasteiger partial charge is 0.407 e. The quantitative estimate of drug-likeness (QED) is 0.476. The molecule has 0 aliphatic heterocycles. The van der Waals surface area contributed by atoms with Crippen LogP contribution >= 0.6 is 0 Å². The fraction of sp³-hybridized carbons (Fsp3) is 0.400. The van der Waals surface area contributed by atoms with Gasteiger partial charge in [0.05, 0.1) is 6.42 Å². The summed E-state index contributed by atoms with van der Waals surface area (Å²) < 4.78 is 32.4. The van der Waals surface area contributed by atoms with Crippen LogP contribution in [0, 0.1) is 0 Å². The molecule has 3 rings (SSSR count). The SMILES string of the molecule is CCC(CC)(NC(=O)CC(NC(=O)OCC1c2ccccc2-c2ccccc21)C(F)F)C(=O)O. The number of hydrogen-bond donors (Lipinski definition) is 3. The molecule has 0 radical (unpaired) electrons.